The van der Waals surface area contributed by atoms with Gasteiger partial charge < -0.3 is 10.6 Å². The lowest BCUT2D eigenvalue weighted by molar-refractivity contribution is -0.117. The normalized spacial score (nSPS) is 20.0. The van der Waals surface area contributed by atoms with Crippen LogP contribution in [-0.4, -0.2) is 40.0 Å². The zero-order valence-electron chi connectivity index (χ0n) is 8.74. The molecule has 0 spiro atoms. The molecule has 0 saturated carbocycles. The molecule has 2 rings (SSSR count). The molecule has 0 radical (unpaired) electrons. The Balaban J connectivity index is 2.04. The maximum Gasteiger partial charge on any atom is 0.243 e. The van der Waals surface area contributed by atoms with E-state index < -0.39 is 0 Å². The third-order valence-electron chi connectivity index (χ3n) is 2.23. The van der Waals surface area contributed by atoms with Crippen molar-refractivity contribution in [3.05, 3.63) is 16.5 Å². The quantitative estimate of drug-likeness (QED) is 0.807. The Morgan fingerprint density at radius 2 is 2.35 bits per heavy atom. The highest BCUT2D eigenvalue weighted by molar-refractivity contribution is 7.99. The average molecular weight is 293 g/mol. The molecule has 2 heterocycles. The van der Waals surface area contributed by atoms with E-state index in [2.05, 4.69) is 20.6 Å². The Labute approximate surface area is 113 Å². The molecule has 1 aromatic heterocycles. The summed E-state index contributed by atoms with van der Waals surface area (Å²) in [5.41, 5.74) is 0. The van der Waals surface area contributed by atoms with Crippen LogP contribution in [0.1, 0.15) is 0 Å². The van der Waals surface area contributed by atoms with Gasteiger partial charge in [0.2, 0.25) is 5.91 Å². The summed E-state index contributed by atoms with van der Waals surface area (Å²) in [5.74, 6) is 1.84. The van der Waals surface area contributed by atoms with Crippen molar-refractivity contribution in [2.45, 2.75) is 6.04 Å². The number of nitrogens with one attached hydrogen (secondary N) is 2. The molecule has 0 aliphatic carbocycles. The SMILES string of the molecule is O=C(Nc1ncnc(Cl)c1Cl)C1CSCCN1. The van der Waals surface area contributed by atoms with Crippen LogP contribution in [0.15, 0.2) is 6.33 Å². The van der Waals surface area contributed by atoms with Crippen molar-refractivity contribution in [1.82, 2.24) is 15.3 Å². The molecule has 1 amide bonds. The zero-order valence-corrected chi connectivity index (χ0v) is 11.1. The Morgan fingerprint density at radius 3 is 3.06 bits per heavy atom. The highest BCUT2D eigenvalue weighted by Crippen LogP contribution is 2.25. The van der Waals surface area contributed by atoms with E-state index in [0.29, 0.717) is 0 Å². The summed E-state index contributed by atoms with van der Waals surface area (Å²) in [5, 5.41) is 6.05. The molecule has 1 atom stereocenters. The minimum atomic E-state index is -0.224. The average Bonchev–Trinajstić information content (AvgIpc) is 2.36. The highest BCUT2D eigenvalue weighted by Gasteiger charge is 2.22. The molecule has 1 aliphatic rings. The number of carbonyl (C=O) groups is 1. The summed E-state index contributed by atoms with van der Waals surface area (Å²) >= 11 is 13.3. The van der Waals surface area contributed by atoms with Gasteiger partial charge in [-0.05, 0) is 0 Å². The topological polar surface area (TPSA) is 66.9 Å². The van der Waals surface area contributed by atoms with Crippen molar-refractivity contribution in [2.75, 3.05) is 23.4 Å². The number of halogens is 2. The Bertz CT molecular complexity index is 425. The van der Waals surface area contributed by atoms with Crippen LogP contribution in [0, 0.1) is 0 Å². The van der Waals surface area contributed by atoms with E-state index in [4.69, 9.17) is 23.2 Å². The minimum absolute atomic E-state index is 0.128. The minimum Gasteiger partial charge on any atom is -0.308 e. The van der Waals surface area contributed by atoms with E-state index in [0.717, 1.165) is 18.1 Å². The number of hydrogen-bond acceptors (Lipinski definition) is 5. The first-order valence-corrected chi connectivity index (χ1v) is 6.87. The second-order valence-electron chi connectivity index (χ2n) is 3.40. The van der Waals surface area contributed by atoms with Crippen LogP contribution in [-0.2, 0) is 4.79 Å². The summed E-state index contributed by atoms with van der Waals surface area (Å²) in [4.78, 5) is 19.5. The summed E-state index contributed by atoms with van der Waals surface area (Å²) in [6, 6.07) is -0.224. The van der Waals surface area contributed by atoms with Crippen LogP contribution in [0.25, 0.3) is 0 Å². The van der Waals surface area contributed by atoms with E-state index in [9.17, 15) is 4.79 Å². The monoisotopic (exact) mass is 292 g/mol. The number of anilines is 1. The van der Waals surface area contributed by atoms with E-state index in [1.807, 2.05) is 0 Å². The van der Waals surface area contributed by atoms with E-state index >= 15 is 0 Å². The van der Waals surface area contributed by atoms with Crippen molar-refractivity contribution in [1.29, 1.82) is 0 Å². The molecule has 0 aromatic carbocycles. The molecule has 1 unspecified atom stereocenters. The fourth-order valence-electron chi connectivity index (χ4n) is 1.37. The van der Waals surface area contributed by atoms with Gasteiger partial charge in [0, 0.05) is 18.1 Å². The Kier molecular flexibility index (Phi) is 4.44. The van der Waals surface area contributed by atoms with Crippen molar-refractivity contribution in [3.8, 4) is 0 Å². The van der Waals surface area contributed by atoms with Crippen molar-refractivity contribution in [2.24, 2.45) is 0 Å². The van der Waals surface area contributed by atoms with Crippen molar-refractivity contribution < 1.29 is 4.79 Å². The van der Waals surface area contributed by atoms with Gasteiger partial charge >= 0.3 is 0 Å². The largest absolute Gasteiger partial charge is 0.308 e. The molecule has 8 heteroatoms. The third kappa shape index (κ3) is 3.22. The summed E-state index contributed by atoms with van der Waals surface area (Å²) in [6.45, 7) is 0.820. The Hall–Kier alpha value is -0.560. The highest BCUT2D eigenvalue weighted by atomic mass is 35.5. The standard InChI is InChI=1S/C9H10Cl2N4OS/c10-6-7(11)13-4-14-8(6)15-9(16)5-3-17-2-1-12-5/h4-5,12H,1-3H2,(H,13,14,15,16). The fourth-order valence-corrected chi connectivity index (χ4v) is 2.58. The van der Waals surface area contributed by atoms with Crippen LogP contribution >= 0.6 is 35.0 Å². The van der Waals surface area contributed by atoms with Crippen LogP contribution < -0.4 is 10.6 Å². The molecule has 92 valence electrons. The summed E-state index contributed by atoms with van der Waals surface area (Å²) in [7, 11) is 0. The number of nitrogens with zero attached hydrogens (tertiary/aromatic N) is 2. The predicted molar refractivity (Wildman–Crippen MR) is 69.8 cm³/mol. The predicted octanol–water partition coefficient (Wildman–Crippen LogP) is 1.43. The molecule has 1 aliphatic heterocycles. The van der Waals surface area contributed by atoms with Crippen molar-refractivity contribution in [3.63, 3.8) is 0 Å². The summed E-state index contributed by atoms with van der Waals surface area (Å²) in [6.07, 6.45) is 1.26. The van der Waals surface area contributed by atoms with E-state index in [-0.39, 0.29) is 27.9 Å². The first-order chi connectivity index (χ1) is 8.18. The molecule has 2 N–H and O–H groups in total. The third-order valence-corrected chi connectivity index (χ3v) is 4.03. The van der Waals surface area contributed by atoms with E-state index in [1.54, 1.807) is 11.8 Å². The number of aromatic nitrogens is 2. The number of rotatable bonds is 2. The van der Waals surface area contributed by atoms with Crippen LogP contribution in [0.2, 0.25) is 10.2 Å². The van der Waals surface area contributed by atoms with Gasteiger partial charge in [-0.1, -0.05) is 23.2 Å². The van der Waals surface area contributed by atoms with E-state index in [1.165, 1.54) is 6.33 Å². The smallest absolute Gasteiger partial charge is 0.243 e. The lowest BCUT2D eigenvalue weighted by Crippen LogP contribution is -2.46. The van der Waals surface area contributed by atoms with Crippen molar-refractivity contribution >= 4 is 46.7 Å². The number of hydrogen-bond donors (Lipinski definition) is 2. The van der Waals surface area contributed by atoms with Gasteiger partial charge in [-0.25, -0.2) is 9.97 Å². The number of amides is 1. The van der Waals surface area contributed by atoms with Crippen LogP contribution in [0.4, 0.5) is 5.82 Å². The molecule has 17 heavy (non-hydrogen) atoms. The molecule has 5 nitrogen and oxygen atoms in total. The molecule has 1 aromatic rings. The zero-order chi connectivity index (χ0) is 12.3. The second-order valence-corrected chi connectivity index (χ2v) is 5.28. The summed E-state index contributed by atoms with van der Waals surface area (Å²) < 4.78 is 0. The molecule has 1 fully saturated rings. The van der Waals surface area contributed by atoms with Gasteiger partial charge in [0.1, 0.15) is 11.3 Å². The molecular formula is C9H10Cl2N4OS. The number of thioether (sulfide) groups is 1. The van der Waals surface area contributed by atoms with Gasteiger partial charge in [-0.15, -0.1) is 0 Å². The van der Waals surface area contributed by atoms with Crippen LogP contribution in [0.5, 0.6) is 0 Å². The molecular weight excluding hydrogens is 283 g/mol. The first-order valence-electron chi connectivity index (χ1n) is 4.96. The van der Waals surface area contributed by atoms with Gasteiger partial charge in [-0.3, -0.25) is 4.79 Å². The maximum absolute atomic E-state index is 11.9. The second kappa shape index (κ2) is 5.86. The fraction of sp³-hybridized carbons (Fsp3) is 0.444. The molecule has 1 saturated heterocycles. The van der Waals surface area contributed by atoms with Gasteiger partial charge in [0.15, 0.2) is 11.0 Å². The lowest BCUT2D eigenvalue weighted by atomic mass is 10.3. The van der Waals surface area contributed by atoms with Crippen LogP contribution in [0.3, 0.4) is 0 Å². The van der Waals surface area contributed by atoms with Gasteiger partial charge in [0.25, 0.3) is 0 Å². The van der Waals surface area contributed by atoms with Gasteiger partial charge in [-0.2, -0.15) is 11.8 Å². The first kappa shape index (κ1) is 12.9. The molecule has 0 bridgehead atoms. The maximum atomic E-state index is 11.9. The number of carbonyl (C=O) groups excluding carboxylic acids is 1. The lowest BCUT2D eigenvalue weighted by Gasteiger charge is -2.22. The Morgan fingerprint density at radius 1 is 1.53 bits per heavy atom. The van der Waals surface area contributed by atoms with Gasteiger partial charge in [0.05, 0.1) is 6.04 Å².